The second kappa shape index (κ2) is 2.16. The van der Waals surface area contributed by atoms with E-state index in [1.165, 1.54) is 0 Å². The molecular weight excluding hydrogens is 211 g/mol. The molecule has 0 radical (unpaired) electrons. The van der Waals surface area contributed by atoms with Gasteiger partial charge >= 0.3 is 62.2 Å². The Morgan fingerprint density at radius 2 is 2.12 bits per heavy atom. The quantitative estimate of drug-likeness (QED) is 0.357. The first-order valence-electron chi connectivity index (χ1n) is 3.16. The van der Waals surface area contributed by atoms with Crippen LogP contribution in [-0.4, -0.2) is 8.86 Å². The summed E-state index contributed by atoms with van der Waals surface area (Å²) in [5, 5.41) is 0. The molecule has 1 heterocycles. The Kier molecular flexibility index (Phi) is 1.85. The van der Waals surface area contributed by atoms with E-state index in [9.17, 15) is 0 Å². The molecule has 1 saturated heterocycles. The molecule has 1 aliphatic rings. The van der Waals surface area contributed by atoms with Gasteiger partial charge in [0.2, 0.25) is 0 Å². The molecule has 0 aromatic carbocycles. The van der Waals surface area contributed by atoms with Crippen molar-refractivity contribution in [2.24, 2.45) is 11.3 Å². The van der Waals surface area contributed by atoms with Crippen LogP contribution in [0.25, 0.3) is 0 Å². The Hall–Kier alpha value is 0.730. The van der Waals surface area contributed by atoms with Gasteiger partial charge in [0.25, 0.3) is 0 Å². The zero-order valence-electron chi connectivity index (χ0n) is 5.87. The van der Waals surface area contributed by atoms with Crippen LogP contribution in [0.15, 0.2) is 0 Å². The topological polar surface area (TPSA) is 0 Å². The van der Waals surface area contributed by atoms with Gasteiger partial charge in [-0.05, 0) is 0 Å². The van der Waals surface area contributed by atoms with E-state index in [2.05, 4.69) is 20.8 Å². The monoisotopic (exact) mass is 225 g/mol. The van der Waals surface area contributed by atoms with Crippen molar-refractivity contribution in [2.45, 2.75) is 20.8 Å². The number of halogens is 1. The number of hydrogen-bond donors (Lipinski definition) is 0. The Bertz CT molecular complexity index is 86.4. The molecule has 0 unspecified atom stereocenters. The fourth-order valence-electron chi connectivity index (χ4n) is 0.802. The molecule has 0 bridgehead atoms. The summed E-state index contributed by atoms with van der Waals surface area (Å²) in [5.41, 5.74) is 0.702. The van der Waals surface area contributed by atoms with Crippen molar-refractivity contribution in [3.05, 3.63) is 0 Å². The van der Waals surface area contributed by atoms with E-state index in [1.54, 1.807) is 8.86 Å². The molecule has 0 aromatic heterocycles. The molecule has 0 aliphatic carbocycles. The molecule has 1 fully saturated rings. The van der Waals surface area contributed by atoms with E-state index in [4.69, 9.17) is 0 Å². The Labute approximate surface area is 62.3 Å². The van der Waals surface area contributed by atoms with Crippen molar-refractivity contribution in [2.75, 3.05) is 8.86 Å². The fourth-order valence-corrected chi connectivity index (χ4v) is 5.38. The maximum atomic E-state index is 2.41. The minimum atomic E-state index is 0.612. The first-order chi connectivity index (χ1) is 3.63. The molecule has 0 N–H and O–H groups in total. The maximum absolute atomic E-state index is 2.41. The third-order valence-corrected chi connectivity index (χ3v) is 6.56. The Balaban J connectivity index is 2.54. The average Bonchev–Trinajstić information content (AvgIpc) is 1.86. The van der Waals surface area contributed by atoms with E-state index in [0.717, 1.165) is 5.92 Å². The van der Waals surface area contributed by atoms with Gasteiger partial charge in [-0.25, -0.2) is 0 Å². The molecule has 0 aromatic rings. The summed E-state index contributed by atoms with van der Waals surface area (Å²) in [5.74, 6) is 1.01. The summed E-state index contributed by atoms with van der Waals surface area (Å²) in [7, 11) is 0. The molecule has 1 atom stereocenters. The molecule has 50 valence electrons. The van der Waals surface area contributed by atoms with Crippen molar-refractivity contribution in [3.63, 3.8) is 0 Å². The summed E-state index contributed by atoms with van der Waals surface area (Å²) in [6.45, 7) is 7.21. The first kappa shape index (κ1) is 6.84. The van der Waals surface area contributed by atoms with Gasteiger partial charge in [-0.3, -0.25) is 0 Å². The Morgan fingerprint density at radius 3 is 2.25 bits per heavy atom. The molecule has 1 heteroatoms. The molecule has 0 amide bonds. The normalized spacial score (nSPS) is 36.6. The zero-order chi connectivity index (χ0) is 6.20. The average molecular weight is 225 g/mol. The second-order valence-corrected chi connectivity index (χ2v) is 6.09. The van der Waals surface area contributed by atoms with Crippen LogP contribution in [0, 0.1) is 11.3 Å². The predicted molar refractivity (Wildman–Crippen MR) is 32.7 cm³/mol. The van der Waals surface area contributed by atoms with Crippen LogP contribution in [0.5, 0.6) is 0 Å². The summed E-state index contributed by atoms with van der Waals surface area (Å²) in [6.07, 6.45) is 0. The zero-order valence-corrected chi connectivity index (χ0v) is 8.03. The van der Waals surface area contributed by atoms with E-state index in [1.807, 2.05) is 0 Å². The number of hydrogen-bond acceptors (Lipinski definition) is 0. The van der Waals surface area contributed by atoms with Crippen molar-refractivity contribution >= 4 is 0 Å². The van der Waals surface area contributed by atoms with Gasteiger partial charge in [-0.15, -0.1) is 0 Å². The predicted octanol–water partition coefficient (Wildman–Crippen LogP) is -1.25. The van der Waals surface area contributed by atoms with E-state index < -0.39 is 0 Å². The Morgan fingerprint density at radius 1 is 1.50 bits per heavy atom. The molecule has 0 nitrogen and oxygen atoms in total. The molecule has 1 aliphatic heterocycles. The standard InChI is InChI=1S/C7H14I/c1-6-4-8-5-7(6,2)3/h6H,4-5H2,1-3H3/q-1/t6-/m1/s1. The van der Waals surface area contributed by atoms with Crippen LogP contribution < -0.4 is 21.2 Å². The summed E-state index contributed by atoms with van der Waals surface area (Å²) in [6, 6.07) is 0. The molecule has 0 spiro atoms. The van der Waals surface area contributed by atoms with Crippen LogP contribution in [0.1, 0.15) is 20.8 Å². The van der Waals surface area contributed by atoms with Crippen LogP contribution in [0.2, 0.25) is 0 Å². The van der Waals surface area contributed by atoms with Crippen molar-refractivity contribution in [1.82, 2.24) is 0 Å². The fraction of sp³-hybridized carbons (Fsp3) is 1.00. The van der Waals surface area contributed by atoms with Crippen LogP contribution in [-0.2, 0) is 0 Å². The summed E-state index contributed by atoms with van der Waals surface area (Å²) >= 11 is 0.612. The SMILES string of the molecule is C[C@@H]1C[I-]CC1(C)C. The van der Waals surface area contributed by atoms with Crippen molar-refractivity contribution in [3.8, 4) is 0 Å². The summed E-state index contributed by atoms with van der Waals surface area (Å²) in [4.78, 5) is 0. The van der Waals surface area contributed by atoms with Crippen LogP contribution in [0.3, 0.4) is 0 Å². The van der Waals surface area contributed by atoms with E-state index in [-0.39, 0.29) is 0 Å². The third kappa shape index (κ3) is 1.17. The molecule has 0 saturated carbocycles. The third-order valence-electron chi connectivity index (χ3n) is 2.11. The van der Waals surface area contributed by atoms with Gasteiger partial charge in [-0.2, -0.15) is 0 Å². The van der Waals surface area contributed by atoms with Gasteiger partial charge in [0, 0.05) is 0 Å². The van der Waals surface area contributed by atoms with Gasteiger partial charge in [-0.1, -0.05) is 0 Å². The van der Waals surface area contributed by atoms with Crippen molar-refractivity contribution in [1.29, 1.82) is 0 Å². The van der Waals surface area contributed by atoms with Crippen LogP contribution in [0.4, 0.5) is 0 Å². The number of rotatable bonds is 0. The minimum absolute atomic E-state index is 0.612. The van der Waals surface area contributed by atoms with E-state index in [0.29, 0.717) is 26.6 Å². The first-order valence-corrected chi connectivity index (χ1v) is 6.21. The summed E-state index contributed by atoms with van der Waals surface area (Å²) < 4.78 is 3.11. The van der Waals surface area contributed by atoms with Gasteiger partial charge in [0.1, 0.15) is 0 Å². The van der Waals surface area contributed by atoms with Crippen LogP contribution >= 0.6 is 0 Å². The molecule has 8 heavy (non-hydrogen) atoms. The van der Waals surface area contributed by atoms with Gasteiger partial charge in [0.05, 0.1) is 0 Å². The van der Waals surface area contributed by atoms with E-state index >= 15 is 0 Å². The van der Waals surface area contributed by atoms with Crippen molar-refractivity contribution < 1.29 is 21.2 Å². The molecular formula is C7H14I-. The number of alkyl halides is 2. The van der Waals surface area contributed by atoms with Gasteiger partial charge < -0.3 is 0 Å². The second-order valence-electron chi connectivity index (χ2n) is 3.37. The van der Waals surface area contributed by atoms with Gasteiger partial charge in [0.15, 0.2) is 0 Å². The molecule has 1 rings (SSSR count).